The third kappa shape index (κ3) is 4.39. The predicted octanol–water partition coefficient (Wildman–Crippen LogP) is 3.21. The van der Waals surface area contributed by atoms with E-state index in [1.807, 2.05) is 18.2 Å². The van der Waals surface area contributed by atoms with Crippen LogP contribution in [0, 0.1) is 12.8 Å². The number of hydrogen-bond acceptors (Lipinski definition) is 8. The van der Waals surface area contributed by atoms with Crippen LogP contribution in [0.5, 0.6) is 11.5 Å². The Morgan fingerprint density at radius 3 is 2.76 bits per heavy atom. The number of carbonyl (C=O) groups is 1. The van der Waals surface area contributed by atoms with Crippen LogP contribution in [-0.4, -0.2) is 56.4 Å². The molecule has 0 aliphatic carbocycles. The van der Waals surface area contributed by atoms with Crippen LogP contribution in [0.2, 0.25) is 0 Å². The number of nitrogens with two attached hydrogens (primary N) is 1. The van der Waals surface area contributed by atoms with Crippen molar-refractivity contribution in [1.29, 1.82) is 0 Å². The number of likely N-dealkylation sites (tertiary alicyclic amines) is 1. The van der Waals surface area contributed by atoms with Gasteiger partial charge in [-0.25, -0.2) is 9.97 Å². The van der Waals surface area contributed by atoms with Crippen molar-refractivity contribution in [2.45, 2.75) is 55.8 Å². The Balaban J connectivity index is 1.36. The van der Waals surface area contributed by atoms with Gasteiger partial charge in [-0.05, 0) is 62.8 Å². The SMILES string of the molecule is Cc1cc2c(cc1Sc1nc3c(N)nccc3n1CCC1CCN(C(=O)C(C)O)CC1)OCO2. The molecule has 2 aliphatic rings. The van der Waals surface area contributed by atoms with Crippen LogP contribution in [0.4, 0.5) is 5.82 Å². The molecule has 1 fully saturated rings. The first-order chi connectivity index (χ1) is 16.4. The van der Waals surface area contributed by atoms with E-state index in [9.17, 15) is 9.90 Å². The second-order valence-corrected chi connectivity index (χ2v) is 9.93. The Bertz CT molecular complexity index is 1220. The highest BCUT2D eigenvalue weighted by Crippen LogP contribution is 2.41. The maximum atomic E-state index is 12.1. The number of aromatic nitrogens is 3. The molecule has 1 amide bonds. The standard InChI is InChI=1S/C24H29N5O4S/c1-14-11-18-19(33-13-32-18)12-20(14)34-24-27-21-17(3-7-26-22(21)25)29(24)10-6-16-4-8-28(9-5-16)23(31)15(2)30/h3,7,11-12,15-16,30H,4-6,8-10,13H2,1-2H3,(H2,25,26). The Hall–Kier alpha value is -2.98. The first kappa shape index (κ1) is 22.8. The van der Waals surface area contributed by atoms with E-state index in [4.69, 9.17) is 20.2 Å². The number of aliphatic hydroxyl groups is 1. The maximum absolute atomic E-state index is 12.1. The van der Waals surface area contributed by atoms with Crippen molar-refractivity contribution in [3.8, 4) is 11.5 Å². The van der Waals surface area contributed by atoms with Crippen LogP contribution < -0.4 is 15.2 Å². The van der Waals surface area contributed by atoms with Crippen LogP contribution in [0.3, 0.4) is 0 Å². The van der Waals surface area contributed by atoms with E-state index in [2.05, 4.69) is 16.5 Å². The van der Waals surface area contributed by atoms with Crippen molar-refractivity contribution in [3.05, 3.63) is 30.0 Å². The van der Waals surface area contributed by atoms with Crippen LogP contribution in [-0.2, 0) is 11.3 Å². The largest absolute Gasteiger partial charge is 0.454 e. The van der Waals surface area contributed by atoms with Gasteiger partial charge in [0, 0.05) is 30.7 Å². The van der Waals surface area contributed by atoms with Gasteiger partial charge in [0.15, 0.2) is 22.5 Å². The fourth-order valence-electron chi connectivity index (χ4n) is 4.60. The number of nitrogen functional groups attached to an aromatic ring is 1. The van der Waals surface area contributed by atoms with Crippen LogP contribution in [0.15, 0.2) is 34.4 Å². The molecule has 10 heteroatoms. The highest BCUT2D eigenvalue weighted by molar-refractivity contribution is 7.99. The maximum Gasteiger partial charge on any atom is 0.251 e. The van der Waals surface area contributed by atoms with Gasteiger partial charge in [-0.2, -0.15) is 0 Å². The topological polar surface area (TPSA) is 116 Å². The van der Waals surface area contributed by atoms with Crippen molar-refractivity contribution in [2.75, 3.05) is 25.6 Å². The molecule has 0 saturated carbocycles. The van der Waals surface area contributed by atoms with Gasteiger partial charge < -0.3 is 29.8 Å². The molecule has 0 radical (unpaired) electrons. The normalized spacial score (nSPS) is 16.9. The van der Waals surface area contributed by atoms with E-state index < -0.39 is 6.10 Å². The van der Waals surface area contributed by atoms with Crippen molar-refractivity contribution in [1.82, 2.24) is 19.4 Å². The molecular weight excluding hydrogens is 454 g/mol. The summed E-state index contributed by atoms with van der Waals surface area (Å²) in [6, 6.07) is 5.96. The van der Waals surface area contributed by atoms with Crippen molar-refractivity contribution >= 4 is 34.5 Å². The number of carbonyl (C=O) groups excluding carboxylic acids is 1. The van der Waals surface area contributed by atoms with Gasteiger partial charge in [0.05, 0.1) is 5.52 Å². The number of piperidine rings is 1. The van der Waals surface area contributed by atoms with Crippen LogP contribution >= 0.6 is 11.8 Å². The zero-order valence-electron chi connectivity index (χ0n) is 19.4. The summed E-state index contributed by atoms with van der Waals surface area (Å²) >= 11 is 1.59. The van der Waals surface area contributed by atoms with Gasteiger partial charge in [-0.1, -0.05) is 11.8 Å². The average Bonchev–Trinajstić information content (AvgIpc) is 3.42. The molecule has 3 aromatic rings. The number of rotatable bonds is 6. The van der Waals surface area contributed by atoms with Crippen molar-refractivity contribution < 1.29 is 19.4 Å². The Morgan fingerprint density at radius 1 is 1.29 bits per heavy atom. The summed E-state index contributed by atoms with van der Waals surface area (Å²) in [4.78, 5) is 24.0. The summed E-state index contributed by atoms with van der Waals surface area (Å²) in [5.74, 6) is 2.25. The first-order valence-corrected chi connectivity index (χ1v) is 12.4. The molecule has 34 heavy (non-hydrogen) atoms. The number of benzene rings is 1. The fraction of sp³-hybridized carbons (Fsp3) is 0.458. The molecule has 180 valence electrons. The summed E-state index contributed by atoms with van der Waals surface area (Å²) in [6.45, 7) is 5.99. The summed E-state index contributed by atoms with van der Waals surface area (Å²) in [5.41, 5.74) is 8.92. The summed E-state index contributed by atoms with van der Waals surface area (Å²) < 4.78 is 13.3. The van der Waals surface area contributed by atoms with Crippen LogP contribution in [0.25, 0.3) is 11.0 Å². The summed E-state index contributed by atoms with van der Waals surface area (Å²) in [7, 11) is 0. The third-order valence-electron chi connectivity index (χ3n) is 6.58. The molecule has 0 bridgehead atoms. The minimum atomic E-state index is -0.938. The van der Waals surface area contributed by atoms with E-state index in [-0.39, 0.29) is 12.7 Å². The highest BCUT2D eigenvalue weighted by Gasteiger charge is 2.26. The smallest absolute Gasteiger partial charge is 0.251 e. The van der Waals surface area contributed by atoms with E-state index in [1.54, 1.807) is 22.9 Å². The van der Waals surface area contributed by atoms with Gasteiger partial charge in [0.2, 0.25) is 6.79 Å². The number of ether oxygens (including phenoxy) is 2. The van der Waals surface area contributed by atoms with Crippen molar-refractivity contribution in [2.24, 2.45) is 5.92 Å². The molecular formula is C24H29N5O4S. The molecule has 1 atom stereocenters. The van der Waals surface area contributed by atoms with Crippen molar-refractivity contribution in [3.63, 3.8) is 0 Å². The number of fused-ring (bicyclic) bond motifs is 2. The lowest BCUT2D eigenvalue weighted by Crippen LogP contribution is -2.43. The van der Waals surface area contributed by atoms with E-state index in [0.717, 1.165) is 58.4 Å². The van der Waals surface area contributed by atoms with Gasteiger partial charge in [-0.3, -0.25) is 4.79 Å². The molecule has 1 saturated heterocycles. The monoisotopic (exact) mass is 483 g/mol. The zero-order valence-corrected chi connectivity index (χ0v) is 20.2. The highest BCUT2D eigenvalue weighted by atomic mass is 32.2. The number of nitrogens with zero attached hydrogens (tertiary/aromatic N) is 4. The number of amides is 1. The molecule has 0 spiro atoms. The Labute approximate surface area is 202 Å². The molecule has 1 unspecified atom stereocenters. The number of imidazole rings is 1. The second-order valence-electron chi connectivity index (χ2n) is 8.92. The minimum Gasteiger partial charge on any atom is -0.454 e. The molecule has 5 rings (SSSR count). The average molecular weight is 484 g/mol. The van der Waals surface area contributed by atoms with E-state index in [1.165, 1.54) is 6.92 Å². The zero-order chi connectivity index (χ0) is 23.8. The van der Waals surface area contributed by atoms with E-state index >= 15 is 0 Å². The van der Waals surface area contributed by atoms with Crippen LogP contribution in [0.1, 0.15) is 31.7 Å². The second kappa shape index (κ2) is 9.34. The lowest BCUT2D eigenvalue weighted by Gasteiger charge is -2.32. The molecule has 9 nitrogen and oxygen atoms in total. The van der Waals surface area contributed by atoms with Gasteiger partial charge in [-0.15, -0.1) is 0 Å². The first-order valence-electron chi connectivity index (χ1n) is 11.6. The third-order valence-corrected chi connectivity index (χ3v) is 7.73. The lowest BCUT2D eigenvalue weighted by atomic mass is 9.93. The summed E-state index contributed by atoms with van der Waals surface area (Å²) in [5, 5.41) is 10.4. The number of hydrogen-bond donors (Lipinski definition) is 2. The van der Waals surface area contributed by atoms with E-state index in [0.29, 0.717) is 30.3 Å². The minimum absolute atomic E-state index is 0.181. The molecule has 3 N–H and O–H groups in total. The lowest BCUT2D eigenvalue weighted by molar-refractivity contribution is -0.140. The molecule has 4 heterocycles. The number of aliphatic hydroxyl groups excluding tert-OH is 1. The molecule has 2 aliphatic heterocycles. The Kier molecular flexibility index (Phi) is 6.26. The van der Waals surface area contributed by atoms with Gasteiger partial charge in [0.25, 0.3) is 5.91 Å². The van der Waals surface area contributed by atoms with Gasteiger partial charge >= 0.3 is 0 Å². The molecule has 1 aromatic carbocycles. The van der Waals surface area contributed by atoms with Gasteiger partial charge in [0.1, 0.15) is 11.6 Å². The quantitative estimate of drug-likeness (QED) is 0.549. The number of anilines is 1. The number of aryl methyl sites for hydroxylation is 2. The number of pyridine rings is 1. The summed E-state index contributed by atoms with van der Waals surface area (Å²) in [6.07, 6.45) is 3.61. The fourth-order valence-corrected chi connectivity index (χ4v) is 5.62. The predicted molar refractivity (Wildman–Crippen MR) is 129 cm³/mol. The Morgan fingerprint density at radius 2 is 2.03 bits per heavy atom. The molecule has 2 aromatic heterocycles.